The summed E-state index contributed by atoms with van der Waals surface area (Å²) >= 11 is 7.97. The molecule has 0 bridgehead atoms. The first-order chi connectivity index (χ1) is 15.0. The molecule has 1 atom stereocenters. The predicted octanol–water partition coefficient (Wildman–Crippen LogP) is 5.07. The number of hydrogen-bond acceptors (Lipinski definition) is 5. The molecule has 3 rings (SSSR count). The number of carbonyl (C=O) groups excluding carboxylic acids is 1. The van der Waals surface area contributed by atoms with Crippen molar-refractivity contribution in [1.82, 2.24) is 20.1 Å². The summed E-state index contributed by atoms with van der Waals surface area (Å²) in [5.74, 6) is 1.39. The number of benzene rings is 2. The van der Waals surface area contributed by atoms with Gasteiger partial charge < -0.3 is 10.1 Å². The highest BCUT2D eigenvalue weighted by Crippen LogP contribution is 2.30. The molecule has 1 aromatic heterocycles. The van der Waals surface area contributed by atoms with E-state index in [-0.39, 0.29) is 11.9 Å². The molecule has 1 N–H and O–H groups in total. The molecule has 3 aromatic rings. The van der Waals surface area contributed by atoms with Gasteiger partial charge in [-0.1, -0.05) is 54.6 Å². The molecule has 2 aromatic carbocycles. The monoisotopic (exact) mass is 458 g/mol. The molecule has 1 amide bonds. The number of halogens is 1. The van der Waals surface area contributed by atoms with Crippen molar-refractivity contribution in [1.29, 1.82) is 0 Å². The molecular formula is C23H27ClN4O2S. The van der Waals surface area contributed by atoms with E-state index >= 15 is 0 Å². The number of hydrogen-bond donors (Lipinski definition) is 1. The van der Waals surface area contributed by atoms with E-state index in [1.54, 1.807) is 18.9 Å². The zero-order valence-corrected chi connectivity index (χ0v) is 19.5. The predicted molar refractivity (Wildman–Crippen MR) is 126 cm³/mol. The maximum absolute atomic E-state index is 12.3. The molecule has 0 radical (unpaired) electrons. The van der Waals surface area contributed by atoms with Crippen LogP contribution in [0.25, 0.3) is 11.4 Å². The summed E-state index contributed by atoms with van der Waals surface area (Å²) in [6.07, 6.45) is 0.903. The molecule has 0 aliphatic heterocycles. The molecule has 31 heavy (non-hydrogen) atoms. The standard InChI is InChI=1S/C23H27ClN4O2S/c1-4-16(2)25-22(29)18-11-9-17(10-12-18)15-31-23-27-26-21(28(23)13-14-30-3)19-7-5-6-8-20(19)24/h5-12,16H,4,13-15H2,1-3H3,(H,25,29)/t16-/m0/s1. The number of aromatic nitrogens is 3. The van der Waals surface area contributed by atoms with Gasteiger partial charge >= 0.3 is 0 Å². The molecule has 0 fully saturated rings. The zero-order valence-electron chi connectivity index (χ0n) is 18.0. The quantitative estimate of drug-likeness (QED) is 0.430. The lowest BCUT2D eigenvalue weighted by atomic mass is 10.1. The Morgan fingerprint density at radius 3 is 2.61 bits per heavy atom. The van der Waals surface area contributed by atoms with Gasteiger partial charge in [-0.3, -0.25) is 9.36 Å². The normalized spacial score (nSPS) is 12.0. The maximum atomic E-state index is 12.3. The van der Waals surface area contributed by atoms with Gasteiger partial charge in [-0.15, -0.1) is 10.2 Å². The van der Waals surface area contributed by atoms with Crippen LogP contribution in [0.3, 0.4) is 0 Å². The molecular weight excluding hydrogens is 432 g/mol. The van der Waals surface area contributed by atoms with E-state index in [9.17, 15) is 4.79 Å². The first kappa shape index (κ1) is 23.3. The Bertz CT molecular complexity index is 1010. The van der Waals surface area contributed by atoms with Gasteiger partial charge in [0.15, 0.2) is 11.0 Å². The van der Waals surface area contributed by atoms with E-state index in [4.69, 9.17) is 16.3 Å². The minimum atomic E-state index is -0.0442. The average Bonchev–Trinajstić information content (AvgIpc) is 3.19. The second kappa shape index (κ2) is 11.3. The second-order valence-corrected chi connectivity index (χ2v) is 8.55. The topological polar surface area (TPSA) is 69.0 Å². The largest absolute Gasteiger partial charge is 0.383 e. The number of nitrogens with zero attached hydrogens (tertiary/aromatic N) is 3. The highest BCUT2D eigenvalue weighted by Gasteiger charge is 2.16. The van der Waals surface area contributed by atoms with Crippen molar-refractivity contribution in [3.63, 3.8) is 0 Å². The Morgan fingerprint density at radius 2 is 1.94 bits per heavy atom. The molecule has 0 saturated heterocycles. The summed E-state index contributed by atoms with van der Waals surface area (Å²) in [5.41, 5.74) is 2.61. The van der Waals surface area contributed by atoms with Crippen LogP contribution in [-0.2, 0) is 17.0 Å². The first-order valence-electron chi connectivity index (χ1n) is 10.2. The molecule has 0 aliphatic rings. The first-order valence-corrected chi connectivity index (χ1v) is 11.6. The Morgan fingerprint density at radius 1 is 1.19 bits per heavy atom. The van der Waals surface area contributed by atoms with Gasteiger partial charge in [-0.2, -0.15) is 0 Å². The van der Waals surface area contributed by atoms with E-state index in [1.165, 1.54) is 0 Å². The summed E-state index contributed by atoms with van der Waals surface area (Å²) < 4.78 is 7.30. The number of nitrogens with one attached hydrogen (secondary N) is 1. The van der Waals surface area contributed by atoms with Crippen molar-refractivity contribution >= 4 is 29.3 Å². The Kier molecular flexibility index (Phi) is 8.51. The van der Waals surface area contributed by atoms with Gasteiger partial charge in [0.05, 0.1) is 18.2 Å². The lowest BCUT2D eigenvalue weighted by molar-refractivity contribution is 0.0939. The third-order valence-corrected chi connectivity index (χ3v) is 6.29. The van der Waals surface area contributed by atoms with Crippen LogP contribution in [0.2, 0.25) is 5.02 Å². The second-order valence-electron chi connectivity index (χ2n) is 7.20. The fourth-order valence-corrected chi connectivity index (χ4v) is 4.07. The minimum Gasteiger partial charge on any atom is -0.383 e. The van der Waals surface area contributed by atoms with E-state index in [0.717, 1.165) is 28.5 Å². The molecule has 1 heterocycles. The summed E-state index contributed by atoms with van der Waals surface area (Å²) in [6, 6.07) is 15.4. The van der Waals surface area contributed by atoms with E-state index < -0.39 is 0 Å². The summed E-state index contributed by atoms with van der Waals surface area (Å²) in [5, 5.41) is 13.2. The average molecular weight is 459 g/mol. The van der Waals surface area contributed by atoms with E-state index in [0.29, 0.717) is 29.5 Å². The van der Waals surface area contributed by atoms with Gasteiger partial charge in [-0.05, 0) is 43.2 Å². The maximum Gasteiger partial charge on any atom is 0.251 e. The molecule has 0 aliphatic carbocycles. The SMILES string of the molecule is CC[C@H](C)NC(=O)c1ccc(CSc2nnc(-c3ccccc3Cl)n2CCOC)cc1. The number of ether oxygens (including phenoxy) is 1. The Hall–Kier alpha value is -2.35. The van der Waals surface area contributed by atoms with Crippen LogP contribution in [0, 0.1) is 0 Å². The number of rotatable bonds is 10. The molecule has 0 saturated carbocycles. The van der Waals surface area contributed by atoms with Gasteiger partial charge in [0.1, 0.15) is 0 Å². The molecule has 0 spiro atoms. The third kappa shape index (κ3) is 6.09. The van der Waals surface area contributed by atoms with Crippen molar-refractivity contribution < 1.29 is 9.53 Å². The zero-order chi connectivity index (χ0) is 22.2. The van der Waals surface area contributed by atoms with Crippen LogP contribution in [0.5, 0.6) is 0 Å². The van der Waals surface area contributed by atoms with Crippen LogP contribution in [0.4, 0.5) is 0 Å². The summed E-state index contributed by atoms with van der Waals surface area (Å²) in [6.45, 7) is 5.22. The van der Waals surface area contributed by atoms with Crippen molar-refractivity contribution in [2.24, 2.45) is 0 Å². The van der Waals surface area contributed by atoms with Gasteiger partial charge in [0.2, 0.25) is 0 Å². The van der Waals surface area contributed by atoms with Crippen molar-refractivity contribution in [3.05, 3.63) is 64.7 Å². The minimum absolute atomic E-state index is 0.0442. The van der Waals surface area contributed by atoms with Crippen LogP contribution in [-0.4, -0.2) is 40.4 Å². The Labute approximate surface area is 192 Å². The summed E-state index contributed by atoms with van der Waals surface area (Å²) in [4.78, 5) is 12.3. The number of methoxy groups -OCH3 is 1. The molecule has 164 valence electrons. The van der Waals surface area contributed by atoms with Crippen molar-refractivity contribution in [3.8, 4) is 11.4 Å². The van der Waals surface area contributed by atoms with Gasteiger partial charge in [0.25, 0.3) is 5.91 Å². The number of carbonyl (C=O) groups is 1. The van der Waals surface area contributed by atoms with Crippen LogP contribution in [0.1, 0.15) is 36.2 Å². The van der Waals surface area contributed by atoms with Crippen LogP contribution >= 0.6 is 23.4 Å². The third-order valence-electron chi connectivity index (χ3n) is 4.92. The number of thioether (sulfide) groups is 1. The highest BCUT2D eigenvalue weighted by atomic mass is 35.5. The smallest absolute Gasteiger partial charge is 0.251 e. The van der Waals surface area contributed by atoms with Gasteiger partial charge in [0, 0.05) is 30.0 Å². The lowest BCUT2D eigenvalue weighted by Crippen LogP contribution is -2.31. The van der Waals surface area contributed by atoms with Crippen molar-refractivity contribution in [2.75, 3.05) is 13.7 Å². The van der Waals surface area contributed by atoms with E-state index in [1.807, 2.05) is 66.9 Å². The fourth-order valence-electron chi connectivity index (χ4n) is 2.93. The molecule has 0 unspecified atom stereocenters. The lowest BCUT2D eigenvalue weighted by Gasteiger charge is -2.12. The van der Waals surface area contributed by atoms with Gasteiger partial charge in [-0.25, -0.2) is 0 Å². The molecule has 6 nitrogen and oxygen atoms in total. The molecule has 8 heteroatoms. The van der Waals surface area contributed by atoms with Crippen molar-refractivity contribution in [2.45, 2.75) is 43.8 Å². The Balaban J connectivity index is 1.73. The fraction of sp³-hybridized carbons (Fsp3) is 0.348. The highest BCUT2D eigenvalue weighted by molar-refractivity contribution is 7.98. The summed E-state index contributed by atoms with van der Waals surface area (Å²) in [7, 11) is 1.67. The van der Waals surface area contributed by atoms with E-state index in [2.05, 4.69) is 15.5 Å². The van der Waals surface area contributed by atoms with Crippen LogP contribution in [0.15, 0.2) is 53.7 Å². The van der Waals surface area contributed by atoms with Crippen LogP contribution < -0.4 is 5.32 Å². The number of amides is 1.